The van der Waals surface area contributed by atoms with E-state index in [-0.39, 0.29) is 11.6 Å². The van der Waals surface area contributed by atoms with Crippen molar-refractivity contribution in [2.75, 3.05) is 5.32 Å². The van der Waals surface area contributed by atoms with Gasteiger partial charge >= 0.3 is 0 Å². The summed E-state index contributed by atoms with van der Waals surface area (Å²) in [6.45, 7) is 5.43. The van der Waals surface area contributed by atoms with Crippen molar-refractivity contribution < 1.29 is 9.72 Å². The number of anilines is 1. The van der Waals surface area contributed by atoms with Gasteiger partial charge in [-0.1, -0.05) is 13.8 Å². The van der Waals surface area contributed by atoms with Crippen molar-refractivity contribution in [2.24, 2.45) is 0 Å². The molecule has 0 unspecified atom stereocenters. The van der Waals surface area contributed by atoms with Crippen LogP contribution in [0.25, 0.3) is 0 Å². The minimum absolute atomic E-state index is 0.0637. The lowest BCUT2D eigenvalue weighted by Crippen LogP contribution is -2.12. The molecular weight excluding hydrogens is 220 g/mol. The van der Waals surface area contributed by atoms with Crippen LogP contribution >= 0.6 is 0 Å². The zero-order valence-corrected chi connectivity index (χ0v) is 10.2. The molecule has 17 heavy (non-hydrogen) atoms. The minimum Gasteiger partial charge on any atom is -0.326 e. The van der Waals surface area contributed by atoms with Crippen LogP contribution in [-0.4, -0.2) is 10.8 Å². The van der Waals surface area contributed by atoms with Crippen molar-refractivity contribution in [1.82, 2.24) is 0 Å². The monoisotopic (exact) mass is 236 g/mol. The van der Waals surface area contributed by atoms with E-state index in [1.807, 2.05) is 6.92 Å². The third-order valence-electron chi connectivity index (χ3n) is 2.58. The van der Waals surface area contributed by atoms with Gasteiger partial charge in [0, 0.05) is 24.2 Å². The maximum absolute atomic E-state index is 11.4. The molecule has 0 heterocycles. The van der Waals surface area contributed by atoms with E-state index in [1.54, 1.807) is 13.8 Å². The number of nitro benzene ring substituents is 1. The number of rotatable bonds is 4. The number of hydrogen-bond donors (Lipinski definition) is 1. The van der Waals surface area contributed by atoms with Gasteiger partial charge in [-0.2, -0.15) is 0 Å². The highest BCUT2D eigenvalue weighted by Crippen LogP contribution is 2.27. The quantitative estimate of drug-likeness (QED) is 0.645. The van der Waals surface area contributed by atoms with Gasteiger partial charge in [0.2, 0.25) is 5.91 Å². The van der Waals surface area contributed by atoms with Gasteiger partial charge < -0.3 is 5.32 Å². The summed E-state index contributed by atoms with van der Waals surface area (Å²) in [7, 11) is 0. The van der Waals surface area contributed by atoms with E-state index in [1.165, 1.54) is 12.1 Å². The normalized spacial score (nSPS) is 10.1. The molecule has 1 amide bonds. The van der Waals surface area contributed by atoms with Crippen molar-refractivity contribution in [2.45, 2.75) is 33.6 Å². The Morgan fingerprint density at radius 2 is 2.06 bits per heavy atom. The van der Waals surface area contributed by atoms with Gasteiger partial charge in [-0.15, -0.1) is 0 Å². The van der Waals surface area contributed by atoms with Gasteiger partial charge in [0.05, 0.1) is 4.92 Å². The van der Waals surface area contributed by atoms with Crippen LogP contribution in [0, 0.1) is 17.0 Å². The molecule has 0 aliphatic rings. The third-order valence-corrected chi connectivity index (χ3v) is 2.58. The second-order valence-corrected chi connectivity index (χ2v) is 3.81. The van der Waals surface area contributed by atoms with Crippen LogP contribution < -0.4 is 5.32 Å². The topological polar surface area (TPSA) is 72.2 Å². The third kappa shape index (κ3) is 3.03. The van der Waals surface area contributed by atoms with Crippen LogP contribution in [0.5, 0.6) is 0 Å². The Balaban J connectivity index is 3.21. The molecule has 0 aliphatic carbocycles. The molecule has 1 aromatic rings. The van der Waals surface area contributed by atoms with Crippen molar-refractivity contribution in [3.05, 3.63) is 33.4 Å². The van der Waals surface area contributed by atoms with Crippen LogP contribution in [0.15, 0.2) is 12.1 Å². The molecule has 1 rings (SSSR count). The van der Waals surface area contributed by atoms with Crippen LogP contribution in [0.2, 0.25) is 0 Å². The standard InChI is InChI=1S/C12H16N2O3/c1-4-9-7-10(14(16)17)6-8(3)12(9)13-11(15)5-2/h6-7H,4-5H2,1-3H3,(H,13,15). The highest BCUT2D eigenvalue weighted by atomic mass is 16.6. The first-order valence-corrected chi connectivity index (χ1v) is 5.57. The van der Waals surface area contributed by atoms with E-state index in [0.29, 0.717) is 18.5 Å². The first-order chi connectivity index (χ1) is 7.99. The summed E-state index contributed by atoms with van der Waals surface area (Å²) in [6.07, 6.45) is 1.03. The molecular formula is C12H16N2O3. The molecule has 0 bridgehead atoms. The van der Waals surface area contributed by atoms with Gasteiger partial charge in [-0.05, 0) is 24.5 Å². The maximum atomic E-state index is 11.4. The number of nitrogens with one attached hydrogen (secondary N) is 1. The Hall–Kier alpha value is -1.91. The second-order valence-electron chi connectivity index (χ2n) is 3.81. The van der Waals surface area contributed by atoms with Crippen LogP contribution in [0.1, 0.15) is 31.4 Å². The highest BCUT2D eigenvalue weighted by Gasteiger charge is 2.14. The molecule has 0 saturated carbocycles. The fraction of sp³-hybridized carbons (Fsp3) is 0.417. The molecule has 0 aliphatic heterocycles. The average molecular weight is 236 g/mol. The smallest absolute Gasteiger partial charge is 0.270 e. The number of benzene rings is 1. The van der Waals surface area contributed by atoms with Crippen LogP contribution in [0.3, 0.4) is 0 Å². The summed E-state index contributed by atoms with van der Waals surface area (Å²) < 4.78 is 0. The Kier molecular flexibility index (Phi) is 4.20. The Morgan fingerprint density at radius 3 is 2.53 bits per heavy atom. The zero-order chi connectivity index (χ0) is 13.0. The summed E-state index contributed by atoms with van der Waals surface area (Å²) >= 11 is 0. The van der Waals surface area contributed by atoms with Crippen molar-refractivity contribution >= 4 is 17.3 Å². The van der Waals surface area contributed by atoms with E-state index < -0.39 is 4.92 Å². The average Bonchev–Trinajstić information content (AvgIpc) is 2.30. The highest BCUT2D eigenvalue weighted by molar-refractivity contribution is 5.92. The second kappa shape index (κ2) is 5.43. The first kappa shape index (κ1) is 13.2. The number of carbonyl (C=O) groups excluding carboxylic acids is 1. The molecule has 0 aromatic heterocycles. The number of carbonyl (C=O) groups is 1. The first-order valence-electron chi connectivity index (χ1n) is 5.57. The van der Waals surface area contributed by atoms with Crippen LogP contribution in [-0.2, 0) is 11.2 Å². The number of nitrogens with zero attached hydrogens (tertiary/aromatic N) is 1. The van der Waals surface area contributed by atoms with E-state index >= 15 is 0 Å². The predicted molar refractivity (Wildman–Crippen MR) is 66.1 cm³/mol. The van der Waals surface area contributed by atoms with Gasteiger partial charge in [-0.25, -0.2) is 0 Å². The maximum Gasteiger partial charge on any atom is 0.270 e. The Bertz CT molecular complexity index is 455. The van der Waals surface area contributed by atoms with Crippen molar-refractivity contribution in [3.8, 4) is 0 Å². The SMILES string of the molecule is CCC(=O)Nc1c(C)cc([N+](=O)[O-])cc1CC. The molecule has 1 aromatic carbocycles. The Morgan fingerprint density at radius 1 is 1.41 bits per heavy atom. The summed E-state index contributed by atoms with van der Waals surface area (Å²) in [5.41, 5.74) is 2.27. The summed E-state index contributed by atoms with van der Waals surface area (Å²) in [5, 5.41) is 13.5. The zero-order valence-electron chi connectivity index (χ0n) is 10.2. The van der Waals surface area contributed by atoms with Gasteiger partial charge in [-0.3, -0.25) is 14.9 Å². The number of nitro groups is 1. The van der Waals surface area contributed by atoms with Crippen molar-refractivity contribution in [1.29, 1.82) is 0 Å². The molecule has 92 valence electrons. The lowest BCUT2D eigenvalue weighted by molar-refractivity contribution is -0.384. The molecule has 5 heteroatoms. The molecule has 0 fully saturated rings. The molecule has 0 atom stereocenters. The summed E-state index contributed by atoms with van der Waals surface area (Å²) in [5.74, 6) is -0.0864. The van der Waals surface area contributed by atoms with Crippen LogP contribution in [0.4, 0.5) is 11.4 Å². The Labute approximate surface area is 100.0 Å². The van der Waals surface area contributed by atoms with E-state index in [9.17, 15) is 14.9 Å². The molecule has 5 nitrogen and oxygen atoms in total. The molecule has 0 saturated heterocycles. The fourth-order valence-electron chi connectivity index (χ4n) is 1.63. The van der Waals surface area contributed by atoms with E-state index in [4.69, 9.17) is 0 Å². The van der Waals surface area contributed by atoms with Crippen molar-refractivity contribution in [3.63, 3.8) is 0 Å². The van der Waals surface area contributed by atoms with E-state index in [2.05, 4.69) is 5.32 Å². The summed E-state index contributed by atoms with van der Waals surface area (Å²) in [4.78, 5) is 21.7. The number of amides is 1. The number of non-ortho nitro benzene ring substituents is 1. The van der Waals surface area contributed by atoms with Gasteiger partial charge in [0.25, 0.3) is 5.69 Å². The minimum atomic E-state index is -0.419. The number of hydrogen-bond acceptors (Lipinski definition) is 3. The largest absolute Gasteiger partial charge is 0.326 e. The molecule has 0 spiro atoms. The predicted octanol–water partition coefficient (Wildman–Crippen LogP) is 2.81. The van der Waals surface area contributed by atoms with E-state index in [0.717, 1.165) is 11.1 Å². The lowest BCUT2D eigenvalue weighted by Gasteiger charge is -2.12. The van der Waals surface area contributed by atoms with Gasteiger partial charge in [0.15, 0.2) is 0 Å². The summed E-state index contributed by atoms with van der Waals surface area (Å²) in [6, 6.07) is 2.99. The lowest BCUT2D eigenvalue weighted by atomic mass is 10.0. The van der Waals surface area contributed by atoms with Gasteiger partial charge in [0.1, 0.15) is 0 Å². The molecule has 1 N–H and O–H groups in total. The number of aryl methyl sites for hydroxylation is 2. The fourth-order valence-corrected chi connectivity index (χ4v) is 1.63. The molecule has 0 radical (unpaired) electrons.